The van der Waals surface area contributed by atoms with E-state index < -0.39 is 15.8 Å². The lowest BCUT2D eigenvalue weighted by Gasteiger charge is -2.15. The molecule has 0 rings (SSSR count). The highest BCUT2D eigenvalue weighted by atomic mass is 35.5. The average molecular weight is 250 g/mol. The van der Waals surface area contributed by atoms with Crippen LogP contribution in [0.25, 0.3) is 0 Å². The van der Waals surface area contributed by atoms with Crippen molar-refractivity contribution >= 4 is 21.6 Å². The van der Waals surface area contributed by atoms with Gasteiger partial charge >= 0.3 is 5.76 Å². The molecular formula is C7H14ClF2NO2S. The first-order valence-corrected chi connectivity index (χ1v) is 6.26. The third-order valence-corrected chi connectivity index (χ3v) is 3.54. The van der Waals surface area contributed by atoms with E-state index in [9.17, 15) is 17.2 Å². The molecule has 14 heavy (non-hydrogen) atoms. The molecule has 0 radical (unpaired) electrons. The molecule has 0 saturated carbocycles. The van der Waals surface area contributed by atoms with Crippen LogP contribution in [-0.4, -0.2) is 38.0 Å². The summed E-state index contributed by atoms with van der Waals surface area (Å²) in [5, 5.41) is 0. The van der Waals surface area contributed by atoms with Crippen molar-refractivity contribution in [1.29, 1.82) is 0 Å². The van der Waals surface area contributed by atoms with Gasteiger partial charge in [-0.25, -0.2) is 12.7 Å². The summed E-state index contributed by atoms with van der Waals surface area (Å²) in [6, 6.07) is 0. The van der Waals surface area contributed by atoms with Crippen molar-refractivity contribution in [3.05, 3.63) is 0 Å². The summed E-state index contributed by atoms with van der Waals surface area (Å²) in [5.41, 5.74) is 0. The van der Waals surface area contributed by atoms with Gasteiger partial charge in [0.15, 0.2) is 0 Å². The molecule has 3 nitrogen and oxygen atoms in total. The molecule has 0 heterocycles. The van der Waals surface area contributed by atoms with E-state index in [1.807, 2.05) is 0 Å². The second kappa shape index (κ2) is 6.53. The number of halogens is 3. The molecule has 0 aliphatic carbocycles. The third kappa shape index (κ3) is 4.52. The predicted octanol–water partition coefficient (Wildman–Crippen LogP) is 1.88. The lowest BCUT2D eigenvalue weighted by atomic mass is 10.2. The summed E-state index contributed by atoms with van der Waals surface area (Å²) in [6.07, 6.45) is 2.06. The summed E-state index contributed by atoms with van der Waals surface area (Å²) >= 11 is 5.41. The van der Waals surface area contributed by atoms with E-state index >= 15 is 0 Å². The average Bonchev–Trinajstić information content (AvgIpc) is 2.11. The zero-order valence-electron chi connectivity index (χ0n) is 7.92. The zero-order chi connectivity index (χ0) is 11.2. The molecule has 0 aliphatic rings. The van der Waals surface area contributed by atoms with Crippen molar-refractivity contribution in [2.45, 2.75) is 25.0 Å². The second-order valence-corrected chi connectivity index (χ2v) is 5.26. The normalized spacial score (nSPS) is 12.7. The minimum absolute atomic E-state index is 0.115. The topological polar surface area (TPSA) is 37.4 Å². The van der Waals surface area contributed by atoms with Gasteiger partial charge in [0, 0.05) is 19.5 Å². The summed E-state index contributed by atoms with van der Waals surface area (Å²) < 4.78 is 46.3. The van der Waals surface area contributed by atoms with Gasteiger partial charge in [-0.3, -0.25) is 0 Å². The summed E-state index contributed by atoms with van der Waals surface area (Å²) in [5.74, 6) is -2.83. The van der Waals surface area contributed by atoms with E-state index in [1.165, 1.54) is 0 Å². The molecule has 0 aromatic rings. The lowest BCUT2D eigenvalue weighted by Crippen LogP contribution is -2.32. The molecule has 0 N–H and O–H groups in total. The van der Waals surface area contributed by atoms with E-state index in [-0.39, 0.29) is 6.54 Å². The maximum Gasteiger partial charge on any atom is 0.350 e. The van der Waals surface area contributed by atoms with Gasteiger partial charge in [0.2, 0.25) is 0 Å². The molecule has 0 bridgehead atoms. The molecule has 0 amide bonds. The molecule has 0 aromatic heterocycles. The summed E-state index contributed by atoms with van der Waals surface area (Å²) in [6.45, 7) is 0.115. The number of hydrogen-bond donors (Lipinski definition) is 0. The van der Waals surface area contributed by atoms with Gasteiger partial charge in [0.1, 0.15) is 0 Å². The quantitative estimate of drug-likeness (QED) is 0.510. The number of alkyl halides is 3. The van der Waals surface area contributed by atoms with Gasteiger partial charge < -0.3 is 0 Å². The first-order valence-electron chi connectivity index (χ1n) is 4.22. The number of sulfonamides is 1. The molecule has 0 aliphatic heterocycles. The largest absolute Gasteiger partial charge is 0.350 e. The Bertz CT molecular complexity index is 246. The van der Waals surface area contributed by atoms with Crippen molar-refractivity contribution in [3.63, 3.8) is 0 Å². The van der Waals surface area contributed by atoms with Crippen LogP contribution in [0.3, 0.4) is 0 Å². The minimum atomic E-state index is -4.40. The van der Waals surface area contributed by atoms with Crippen molar-refractivity contribution in [2.75, 3.05) is 19.5 Å². The Morgan fingerprint density at radius 2 is 1.86 bits per heavy atom. The second-order valence-electron chi connectivity index (χ2n) is 2.88. The third-order valence-electron chi connectivity index (χ3n) is 1.77. The fraction of sp³-hybridized carbons (Fsp3) is 1.00. The van der Waals surface area contributed by atoms with Crippen LogP contribution in [0.5, 0.6) is 0 Å². The fourth-order valence-electron chi connectivity index (χ4n) is 0.869. The molecule has 7 heteroatoms. The monoisotopic (exact) mass is 249 g/mol. The van der Waals surface area contributed by atoms with Crippen LogP contribution >= 0.6 is 11.6 Å². The van der Waals surface area contributed by atoms with Crippen LogP contribution in [-0.2, 0) is 10.0 Å². The molecular weight excluding hydrogens is 236 g/mol. The fourth-order valence-corrected chi connectivity index (χ4v) is 1.71. The van der Waals surface area contributed by atoms with Gasteiger partial charge in [0.05, 0.1) is 0 Å². The van der Waals surface area contributed by atoms with Crippen LogP contribution in [0.4, 0.5) is 8.78 Å². The Kier molecular flexibility index (Phi) is 6.55. The van der Waals surface area contributed by atoms with Crippen molar-refractivity contribution in [3.8, 4) is 0 Å². The van der Waals surface area contributed by atoms with Crippen molar-refractivity contribution in [1.82, 2.24) is 4.31 Å². The van der Waals surface area contributed by atoms with Crippen molar-refractivity contribution in [2.24, 2.45) is 0 Å². The van der Waals surface area contributed by atoms with Gasteiger partial charge in [-0.2, -0.15) is 8.78 Å². The van der Waals surface area contributed by atoms with Crippen LogP contribution in [0, 0.1) is 0 Å². The Balaban J connectivity index is 3.90. The van der Waals surface area contributed by atoms with E-state index in [0.717, 1.165) is 19.9 Å². The first kappa shape index (κ1) is 14.1. The van der Waals surface area contributed by atoms with Crippen LogP contribution in [0.15, 0.2) is 0 Å². The Morgan fingerprint density at radius 1 is 1.29 bits per heavy atom. The Morgan fingerprint density at radius 3 is 2.29 bits per heavy atom. The maximum atomic E-state index is 12.0. The van der Waals surface area contributed by atoms with Gasteiger partial charge in [-0.05, 0) is 12.8 Å². The van der Waals surface area contributed by atoms with Gasteiger partial charge in [-0.15, -0.1) is 11.6 Å². The molecule has 0 aromatic carbocycles. The number of rotatable bonds is 7. The number of unbranched alkanes of at least 4 members (excludes halogenated alkanes) is 2. The molecule has 0 atom stereocenters. The lowest BCUT2D eigenvalue weighted by molar-refractivity contribution is 0.222. The highest BCUT2D eigenvalue weighted by Crippen LogP contribution is 2.11. The van der Waals surface area contributed by atoms with Crippen molar-refractivity contribution < 1.29 is 17.2 Å². The minimum Gasteiger partial charge on any atom is -0.206 e. The molecule has 86 valence electrons. The van der Waals surface area contributed by atoms with Gasteiger partial charge in [0.25, 0.3) is 10.0 Å². The number of hydrogen-bond acceptors (Lipinski definition) is 2. The highest BCUT2D eigenvalue weighted by molar-refractivity contribution is 7.89. The zero-order valence-corrected chi connectivity index (χ0v) is 9.49. The standard InChI is InChI=1S/C7H14ClF2NO2S/c1-11(6-4-2-3-5-8)14(12,13)7(9)10/h7H,2-6H2,1H3. The van der Waals surface area contributed by atoms with Crippen LogP contribution in [0.1, 0.15) is 19.3 Å². The molecule has 0 fully saturated rings. The van der Waals surface area contributed by atoms with E-state index in [4.69, 9.17) is 11.6 Å². The molecule has 0 unspecified atom stereocenters. The van der Waals surface area contributed by atoms with E-state index in [2.05, 4.69) is 0 Å². The van der Waals surface area contributed by atoms with Crippen LogP contribution in [0.2, 0.25) is 0 Å². The Labute approximate surface area is 88.1 Å². The van der Waals surface area contributed by atoms with Gasteiger partial charge in [-0.1, -0.05) is 6.42 Å². The highest BCUT2D eigenvalue weighted by Gasteiger charge is 2.28. The Hall–Kier alpha value is 0.0600. The smallest absolute Gasteiger partial charge is 0.206 e. The molecule has 0 spiro atoms. The number of nitrogens with zero attached hydrogens (tertiary/aromatic N) is 1. The van der Waals surface area contributed by atoms with Crippen LogP contribution < -0.4 is 0 Å². The predicted molar refractivity (Wildman–Crippen MR) is 52.1 cm³/mol. The maximum absolute atomic E-state index is 12.0. The SMILES string of the molecule is CN(CCCCCCl)S(=O)(=O)C(F)F. The summed E-state index contributed by atoms with van der Waals surface area (Å²) in [4.78, 5) is 0. The first-order chi connectivity index (χ1) is 6.42. The summed E-state index contributed by atoms with van der Waals surface area (Å²) in [7, 11) is -3.24. The van der Waals surface area contributed by atoms with E-state index in [0.29, 0.717) is 16.6 Å². The molecule has 0 saturated heterocycles. The van der Waals surface area contributed by atoms with E-state index in [1.54, 1.807) is 0 Å².